The maximum absolute atomic E-state index is 12.3. The predicted octanol–water partition coefficient (Wildman–Crippen LogP) is 3.27. The number of rotatable bonds is 8. The van der Waals surface area contributed by atoms with Gasteiger partial charge in [-0.05, 0) is 29.6 Å². The van der Waals surface area contributed by atoms with E-state index in [1.807, 2.05) is 17.5 Å². The Balaban J connectivity index is 1.47. The Morgan fingerprint density at radius 1 is 1.22 bits per heavy atom. The largest absolute Gasteiger partial charge is 0.497 e. The van der Waals surface area contributed by atoms with Crippen LogP contribution in [0.1, 0.15) is 15.2 Å². The van der Waals surface area contributed by atoms with Crippen LogP contribution in [0.5, 0.6) is 5.75 Å². The molecule has 0 radical (unpaired) electrons. The van der Waals surface area contributed by atoms with E-state index in [1.54, 1.807) is 42.7 Å². The van der Waals surface area contributed by atoms with Crippen molar-refractivity contribution in [2.45, 2.75) is 10.9 Å². The Kier molecular flexibility index (Phi) is 6.80. The maximum Gasteiger partial charge on any atom is 0.257 e. The van der Waals surface area contributed by atoms with Gasteiger partial charge in [0, 0.05) is 10.4 Å². The third kappa shape index (κ3) is 5.78. The molecular weight excluding hydrogens is 404 g/mol. The Morgan fingerprint density at radius 3 is 2.89 bits per heavy atom. The van der Waals surface area contributed by atoms with E-state index in [2.05, 4.69) is 20.8 Å². The van der Waals surface area contributed by atoms with E-state index in [9.17, 15) is 9.59 Å². The molecule has 27 heavy (non-hydrogen) atoms. The molecule has 0 saturated heterocycles. The molecule has 0 bridgehead atoms. The number of benzene rings is 1. The standard InChI is InChI=1S/C17H16N4O3S3/c1-24-12-5-2-4-11(8-12)15(23)19-16-20-21-17(27-16)26-10-14(22)18-9-13-6-3-7-25-13/h2-8H,9-10H2,1H3,(H,18,22)(H,19,20,23). The van der Waals surface area contributed by atoms with E-state index < -0.39 is 0 Å². The number of hydrogen-bond acceptors (Lipinski definition) is 8. The average molecular weight is 421 g/mol. The minimum Gasteiger partial charge on any atom is -0.497 e. The van der Waals surface area contributed by atoms with Crippen LogP contribution in [0.15, 0.2) is 46.1 Å². The highest BCUT2D eigenvalue weighted by Gasteiger charge is 2.12. The summed E-state index contributed by atoms with van der Waals surface area (Å²) >= 11 is 4.10. The smallest absolute Gasteiger partial charge is 0.257 e. The third-order valence-corrected chi connectivity index (χ3v) is 6.17. The van der Waals surface area contributed by atoms with Crippen LogP contribution < -0.4 is 15.4 Å². The third-order valence-electron chi connectivity index (χ3n) is 3.33. The maximum atomic E-state index is 12.3. The molecule has 140 valence electrons. The summed E-state index contributed by atoms with van der Waals surface area (Å²) < 4.78 is 5.72. The Hall–Kier alpha value is -2.43. The quantitative estimate of drug-likeness (QED) is 0.429. The molecule has 0 spiro atoms. The van der Waals surface area contributed by atoms with Crippen molar-refractivity contribution in [1.29, 1.82) is 0 Å². The van der Waals surface area contributed by atoms with Crippen LogP contribution >= 0.6 is 34.4 Å². The summed E-state index contributed by atoms with van der Waals surface area (Å²) in [4.78, 5) is 25.3. The van der Waals surface area contributed by atoms with Gasteiger partial charge in [-0.15, -0.1) is 21.5 Å². The van der Waals surface area contributed by atoms with Crippen molar-refractivity contribution >= 4 is 51.4 Å². The van der Waals surface area contributed by atoms with E-state index in [4.69, 9.17) is 4.74 Å². The van der Waals surface area contributed by atoms with E-state index in [0.29, 0.717) is 27.3 Å². The molecule has 3 aromatic rings. The van der Waals surface area contributed by atoms with Crippen molar-refractivity contribution in [2.24, 2.45) is 0 Å². The molecule has 3 rings (SSSR count). The molecule has 2 N–H and O–H groups in total. The summed E-state index contributed by atoms with van der Waals surface area (Å²) in [7, 11) is 1.54. The monoisotopic (exact) mass is 420 g/mol. The molecule has 0 aliphatic heterocycles. The summed E-state index contributed by atoms with van der Waals surface area (Å²) in [5, 5.41) is 15.8. The second kappa shape index (κ2) is 9.49. The minimum atomic E-state index is -0.296. The van der Waals surface area contributed by atoms with E-state index in [1.165, 1.54) is 23.1 Å². The molecule has 10 heteroatoms. The molecule has 2 heterocycles. The van der Waals surface area contributed by atoms with Crippen molar-refractivity contribution in [3.8, 4) is 5.75 Å². The van der Waals surface area contributed by atoms with Crippen molar-refractivity contribution in [3.63, 3.8) is 0 Å². The molecule has 1 aromatic carbocycles. The first-order chi connectivity index (χ1) is 13.1. The van der Waals surface area contributed by atoms with Gasteiger partial charge in [0.1, 0.15) is 5.75 Å². The number of ether oxygens (including phenoxy) is 1. The zero-order valence-electron chi connectivity index (χ0n) is 14.3. The van der Waals surface area contributed by atoms with Crippen molar-refractivity contribution < 1.29 is 14.3 Å². The first kappa shape index (κ1) is 19.3. The van der Waals surface area contributed by atoms with Crippen LogP contribution in [-0.4, -0.2) is 34.9 Å². The van der Waals surface area contributed by atoms with Crippen LogP contribution in [0, 0.1) is 0 Å². The van der Waals surface area contributed by atoms with Gasteiger partial charge in [-0.3, -0.25) is 14.9 Å². The lowest BCUT2D eigenvalue weighted by molar-refractivity contribution is -0.118. The van der Waals surface area contributed by atoms with Crippen LogP contribution in [0.25, 0.3) is 0 Å². The number of thiophene rings is 1. The first-order valence-corrected chi connectivity index (χ1v) is 10.5. The molecule has 0 fully saturated rings. The van der Waals surface area contributed by atoms with Gasteiger partial charge >= 0.3 is 0 Å². The van der Waals surface area contributed by atoms with Crippen LogP contribution in [0.2, 0.25) is 0 Å². The fraction of sp³-hybridized carbons (Fsp3) is 0.176. The van der Waals surface area contributed by atoms with Crippen LogP contribution in [-0.2, 0) is 11.3 Å². The second-order valence-corrected chi connectivity index (χ2v) is 8.44. The van der Waals surface area contributed by atoms with Crippen molar-refractivity contribution in [1.82, 2.24) is 15.5 Å². The van der Waals surface area contributed by atoms with Crippen LogP contribution in [0.3, 0.4) is 0 Å². The molecule has 0 unspecified atom stereocenters. The summed E-state index contributed by atoms with van der Waals surface area (Å²) in [6, 6.07) is 10.8. The number of aromatic nitrogens is 2. The van der Waals surface area contributed by atoms with Crippen molar-refractivity contribution in [2.75, 3.05) is 18.2 Å². The lowest BCUT2D eigenvalue weighted by Crippen LogP contribution is -2.24. The fourth-order valence-corrected chi connectivity index (χ4v) is 4.25. The Bertz CT molecular complexity index is 912. The Morgan fingerprint density at radius 2 is 2.11 bits per heavy atom. The number of hydrogen-bond donors (Lipinski definition) is 2. The van der Waals surface area contributed by atoms with Crippen molar-refractivity contribution in [3.05, 3.63) is 52.2 Å². The number of carbonyl (C=O) groups excluding carboxylic acids is 2. The number of anilines is 1. The van der Waals surface area contributed by atoms with Crippen LogP contribution in [0.4, 0.5) is 5.13 Å². The normalized spacial score (nSPS) is 10.4. The fourth-order valence-electron chi connectivity index (χ4n) is 2.03. The van der Waals surface area contributed by atoms with E-state index in [-0.39, 0.29) is 17.6 Å². The van der Waals surface area contributed by atoms with Gasteiger partial charge in [0.25, 0.3) is 5.91 Å². The molecular formula is C17H16N4O3S3. The summed E-state index contributed by atoms with van der Waals surface area (Å²) in [6.45, 7) is 0.523. The van der Waals surface area contributed by atoms with Gasteiger partial charge in [0.15, 0.2) is 4.34 Å². The first-order valence-electron chi connectivity index (χ1n) is 7.85. The molecule has 0 aliphatic carbocycles. The molecule has 0 atom stereocenters. The molecule has 0 saturated carbocycles. The molecule has 2 aromatic heterocycles. The predicted molar refractivity (Wildman–Crippen MR) is 108 cm³/mol. The van der Waals surface area contributed by atoms with E-state index in [0.717, 1.165) is 4.88 Å². The van der Waals surface area contributed by atoms with Gasteiger partial charge in [0.2, 0.25) is 11.0 Å². The number of carbonyl (C=O) groups is 2. The van der Waals surface area contributed by atoms with Gasteiger partial charge in [0.05, 0.1) is 19.4 Å². The van der Waals surface area contributed by atoms with E-state index >= 15 is 0 Å². The molecule has 2 amide bonds. The topological polar surface area (TPSA) is 93.2 Å². The highest BCUT2D eigenvalue weighted by atomic mass is 32.2. The highest BCUT2D eigenvalue weighted by molar-refractivity contribution is 8.01. The molecule has 7 nitrogen and oxygen atoms in total. The summed E-state index contributed by atoms with van der Waals surface area (Å²) in [5.41, 5.74) is 0.465. The Labute approximate surface area is 168 Å². The number of amides is 2. The lowest BCUT2D eigenvalue weighted by atomic mass is 10.2. The zero-order valence-corrected chi connectivity index (χ0v) is 16.7. The molecule has 0 aliphatic rings. The van der Waals surface area contributed by atoms with Gasteiger partial charge in [-0.1, -0.05) is 35.2 Å². The van der Waals surface area contributed by atoms with Gasteiger partial charge in [-0.2, -0.15) is 0 Å². The number of nitrogens with one attached hydrogen (secondary N) is 2. The van der Waals surface area contributed by atoms with Gasteiger partial charge in [-0.25, -0.2) is 0 Å². The van der Waals surface area contributed by atoms with Gasteiger partial charge < -0.3 is 10.1 Å². The number of nitrogens with zero attached hydrogens (tertiary/aromatic N) is 2. The SMILES string of the molecule is COc1cccc(C(=O)Nc2nnc(SCC(=O)NCc3cccs3)s2)c1. The number of thioether (sulfide) groups is 1. The summed E-state index contributed by atoms with van der Waals surface area (Å²) in [6.07, 6.45) is 0. The zero-order chi connectivity index (χ0) is 19.1. The minimum absolute atomic E-state index is 0.0782. The number of methoxy groups -OCH3 is 1. The highest BCUT2D eigenvalue weighted by Crippen LogP contribution is 2.26. The second-order valence-electron chi connectivity index (χ2n) is 5.20. The lowest BCUT2D eigenvalue weighted by Gasteiger charge is -2.03. The average Bonchev–Trinajstić information content (AvgIpc) is 3.36. The summed E-state index contributed by atoms with van der Waals surface area (Å²) in [5.74, 6) is 0.467.